The minimum absolute atomic E-state index is 0.0136. The second-order valence-corrected chi connectivity index (χ2v) is 5.05. The predicted molar refractivity (Wildman–Crippen MR) is 76.5 cm³/mol. The molecule has 2 rings (SSSR count). The Balaban J connectivity index is 2.09. The number of rotatable bonds is 5. The Morgan fingerprint density at radius 1 is 1.37 bits per heavy atom. The maximum absolute atomic E-state index is 12.6. The number of ketones is 1. The lowest BCUT2D eigenvalue weighted by molar-refractivity contribution is -0.0407. The third-order valence-corrected chi connectivity index (χ3v) is 3.81. The van der Waals surface area contributed by atoms with E-state index >= 15 is 0 Å². The highest BCUT2D eigenvalue weighted by Crippen LogP contribution is 2.17. The van der Waals surface area contributed by atoms with Gasteiger partial charge in [-0.2, -0.15) is 0 Å². The van der Waals surface area contributed by atoms with Crippen LogP contribution in [0.5, 0.6) is 0 Å². The summed E-state index contributed by atoms with van der Waals surface area (Å²) < 4.78 is 5.68. The van der Waals surface area contributed by atoms with E-state index in [9.17, 15) is 4.79 Å². The van der Waals surface area contributed by atoms with Crippen molar-refractivity contribution in [3.8, 4) is 0 Å². The van der Waals surface area contributed by atoms with Gasteiger partial charge >= 0.3 is 0 Å². The van der Waals surface area contributed by atoms with Gasteiger partial charge in [-0.1, -0.05) is 44.2 Å². The van der Waals surface area contributed by atoms with E-state index in [-0.39, 0.29) is 17.9 Å². The molecule has 1 aliphatic heterocycles. The van der Waals surface area contributed by atoms with E-state index in [0.717, 1.165) is 38.1 Å². The molecule has 1 fully saturated rings. The van der Waals surface area contributed by atoms with Crippen molar-refractivity contribution in [3.63, 3.8) is 0 Å². The average molecular weight is 261 g/mol. The molecule has 2 atom stereocenters. The standard InChI is InChI=1S/C16H23NO2/c1-3-14-12-17(10-11-19-14)15(4-2)16(18)13-8-6-5-7-9-13/h5-9,14-15H,3-4,10-12H2,1-2H3. The number of nitrogens with zero attached hydrogens (tertiary/aromatic N) is 1. The maximum atomic E-state index is 12.6. The molecule has 0 radical (unpaired) electrons. The molecular weight excluding hydrogens is 238 g/mol. The van der Waals surface area contributed by atoms with E-state index in [1.54, 1.807) is 0 Å². The number of carbonyl (C=O) groups excluding carboxylic acids is 1. The number of morpholine rings is 1. The zero-order chi connectivity index (χ0) is 13.7. The fourth-order valence-electron chi connectivity index (χ4n) is 2.68. The summed E-state index contributed by atoms with van der Waals surface area (Å²) >= 11 is 0. The van der Waals surface area contributed by atoms with Gasteiger partial charge in [-0.15, -0.1) is 0 Å². The van der Waals surface area contributed by atoms with Gasteiger partial charge in [-0.25, -0.2) is 0 Å². The monoisotopic (exact) mass is 261 g/mol. The third-order valence-electron chi connectivity index (χ3n) is 3.81. The maximum Gasteiger partial charge on any atom is 0.179 e. The second kappa shape index (κ2) is 6.83. The van der Waals surface area contributed by atoms with Gasteiger partial charge in [0.05, 0.1) is 18.8 Å². The highest BCUT2D eigenvalue weighted by Gasteiger charge is 2.29. The van der Waals surface area contributed by atoms with Crippen LogP contribution in [0.25, 0.3) is 0 Å². The van der Waals surface area contributed by atoms with Crippen molar-refractivity contribution in [1.29, 1.82) is 0 Å². The number of carbonyl (C=O) groups is 1. The number of benzene rings is 1. The molecule has 1 aromatic carbocycles. The van der Waals surface area contributed by atoms with Gasteiger partial charge in [0.1, 0.15) is 0 Å². The molecule has 0 spiro atoms. The second-order valence-electron chi connectivity index (χ2n) is 5.05. The van der Waals surface area contributed by atoms with Crippen LogP contribution in [0.15, 0.2) is 30.3 Å². The normalized spacial score (nSPS) is 22.1. The zero-order valence-corrected chi connectivity index (χ0v) is 11.8. The lowest BCUT2D eigenvalue weighted by Crippen LogP contribution is -2.50. The quantitative estimate of drug-likeness (QED) is 0.763. The molecule has 0 aliphatic carbocycles. The van der Waals surface area contributed by atoms with E-state index < -0.39 is 0 Å². The van der Waals surface area contributed by atoms with E-state index in [0.29, 0.717) is 0 Å². The van der Waals surface area contributed by atoms with Gasteiger partial charge in [0.2, 0.25) is 0 Å². The Labute approximate surface area is 115 Å². The Hall–Kier alpha value is -1.19. The van der Waals surface area contributed by atoms with Gasteiger partial charge in [0.15, 0.2) is 5.78 Å². The molecular formula is C16H23NO2. The van der Waals surface area contributed by atoms with Crippen LogP contribution in [-0.2, 0) is 4.74 Å². The molecule has 1 aliphatic rings. The van der Waals surface area contributed by atoms with E-state index in [4.69, 9.17) is 4.74 Å². The van der Waals surface area contributed by atoms with E-state index in [1.807, 2.05) is 30.3 Å². The van der Waals surface area contributed by atoms with Crippen molar-refractivity contribution in [1.82, 2.24) is 4.90 Å². The van der Waals surface area contributed by atoms with Gasteiger partial charge in [0.25, 0.3) is 0 Å². The lowest BCUT2D eigenvalue weighted by Gasteiger charge is -2.37. The fraction of sp³-hybridized carbons (Fsp3) is 0.562. The number of Topliss-reactive ketones (excluding diaryl/α,β-unsaturated/α-hetero) is 1. The Bertz CT molecular complexity index is 404. The van der Waals surface area contributed by atoms with Crippen LogP contribution in [0.4, 0.5) is 0 Å². The summed E-state index contributed by atoms with van der Waals surface area (Å²) in [7, 11) is 0. The zero-order valence-electron chi connectivity index (χ0n) is 11.8. The molecule has 104 valence electrons. The Morgan fingerprint density at radius 3 is 2.74 bits per heavy atom. The smallest absolute Gasteiger partial charge is 0.179 e. The van der Waals surface area contributed by atoms with Crippen LogP contribution in [0.1, 0.15) is 37.0 Å². The summed E-state index contributed by atoms with van der Waals surface area (Å²) in [5, 5.41) is 0. The van der Waals surface area contributed by atoms with Crippen molar-refractivity contribution in [2.24, 2.45) is 0 Å². The first kappa shape index (κ1) is 14.2. The molecule has 3 heteroatoms. The summed E-state index contributed by atoms with van der Waals surface area (Å²) in [5.74, 6) is 0.236. The highest BCUT2D eigenvalue weighted by atomic mass is 16.5. The molecule has 19 heavy (non-hydrogen) atoms. The van der Waals surface area contributed by atoms with Gasteiger partial charge < -0.3 is 4.74 Å². The molecule has 2 unspecified atom stereocenters. The minimum atomic E-state index is -0.0136. The van der Waals surface area contributed by atoms with Crippen LogP contribution in [0.3, 0.4) is 0 Å². The molecule has 1 saturated heterocycles. The molecule has 0 N–H and O–H groups in total. The average Bonchev–Trinajstić information content (AvgIpc) is 2.49. The molecule has 0 saturated carbocycles. The van der Waals surface area contributed by atoms with Crippen molar-refractivity contribution in [2.45, 2.75) is 38.8 Å². The van der Waals surface area contributed by atoms with Crippen LogP contribution in [0.2, 0.25) is 0 Å². The van der Waals surface area contributed by atoms with Crippen LogP contribution in [-0.4, -0.2) is 42.5 Å². The van der Waals surface area contributed by atoms with Crippen molar-refractivity contribution >= 4 is 5.78 Å². The predicted octanol–water partition coefficient (Wildman–Crippen LogP) is 2.76. The van der Waals surface area contributed by atoms with Gasteiger partial charge in [0, 0.05) is 18.7 Å². The largest absolute Gasteiger partial charge is 0.376 e. The van der Waals surface area contributed by atoms with E-state index in [1.165, 1.54) is 0 Å². The number of hydrogen-bond acceptors (Lipinski definition) is 3. The first-order valence-electron chi connectivity index (χ1n) is 7.21. The molecule has 0 amide bonds. The topological polar surface area (TPSA) is 29.5 Å². The summed E-state index contributed by atoms with van der Waals surface area (Å²) in [5.41, 5.74) is 0.814. The van der Waals surface area contributed by atoms with Gasteiger partial charge in [-0.3, -0.25) is 9.69 Å². The lowest BCUT2D eigenvalue weighted by atomic mass is 9.99. The Morgan fingerprint density at radius 2 is 2.11 bits per heavy atom. The molecule has 0 aromatic heterocycles. The summed E-state index contributed by atoms with van der Waals surface area (Å²) in [6.45, 7) is 6.67. The van der Waals surface area contributed by atoms with Gasteiger partial charge in [-0.05, 0) is 12.8 Å². The van der Waals surface area contributed by atoms with Crippen molar-refractivity contribution in [2.75, 3.05) is 19.7 Å². The summed E-state index contributed by atoms with van der Waals surface area (Å²) in [4.78, 5) is 14.9. The third kappa shape index (κ3) is 3.43. The summed E-state index contributed by atoms with van der Waals surface area (Å²) in [6.07, 6.45) is 2.13. The highest BCUT2D eigenvalue weighted by molar-refractivity contribution is 6.00. The fourth-order valence-corrected chi connectivity index (χ4v) is 2.68. The summed E-state index contributed by atoms with van der Waals surface area (Å²) in [6, 6.07) is 9.59. The molecule has 1 heterocycles. The number of ether oxygens (including phenoxy) is 1. The number of hydrogen-bond donors (Lipinski definition) is 0. The Kier molecular flexibility index (Phi) is 5.11. The van der Waals surface area contributed by atoms with Crippen LogP contribution < -0.4 is 0 Å². The van der Waals surface area contributed by atoms with Crippen LogP contribution >= 0.6 is 0 Å². The van der Waals surface area contributed by atoms with Crippen molar-refractivity contribution in [3.05, 3.63) is 35.9 Å². The molecule has 0 bridgehead atoms. The molecule has 3 nitrogen and oxygen atoms in total. The first-order valence-corrected chi connectivity index (χ1v) is 7.21. The minimum Gasteiger partial charge on any atom is -0.376 e. The molecule has 1 aromatic rings. The van der Waals surface area contributed by atoms with E-state index in [2.05, 4.69) is 18.7 Å². The van der Waals surface area contributed by atoms with Crippen LogP contribution in [0, 0.1) is 0 Å². The van der Waals surface area contributed by atoms with Crippen molar-refractivity contribution < 1.29 is 9.53 Å². The first-order chi connectivity index (χ1) is 9.26. The SMILES string of the molecule is CCC1CN(C(CC)C(=O)c2ccccc2)CCO1.